The molecule has 6 nitrogen and oxygen atoms in total. The van der Waals surface area contributed by atoms with Gasteiger partial charge in [-0.15, -0.1) is 0 Å². The quantitative estimate of drug-likeness (QED) is 0.881. The number of methoxy groups -OCH3 is 1. The molecule has 128 valence electrons. The number of hydrogen-bond acceptors (Lipinski definition) is 5. The van der Waals surface area contributed by atoms with E-state index in [4.69, 9.17) is 14.2 Å². The number of hydrogen-bond donors (Lipinski definition) is 1. The van der Waals surface area contributed by atoms with E-state index < -0.39 is 21.6 Å². The third-order valence-corrected chi connectivity index (χ3v) is 5.63. The second-order valence-electron chi connectivity index (χ2n) is 5.82. The molecule has 1 aliphatic heterocycles. The molecule has 0 radical (unpaired) electrons. The molecule has 0 bridgehead atoms. The predicted molar refractivity (Wildman–Crippen MR) is 80.2 cm³/mol. The molecule has 1 heterocycles. The summed E-state index contributed by atoms with van der Waals surface area (Å²) in [6.07, 6.45) is 3.48. The normalized spacial score (nSPS) is 23.5. The van der Waals surface area contributed by atoms with Crippen molar-refractivity contribution in [2.75, 3.05) is 20.3 Å². The number of benzene rings is 1. The number of halogens is 1. The van der Waals surface area contributed by atoms with Crippen molar-refractivity contribution in [3.05, 3.63) is 24.0 Å². The molecule has 1 aromatic carbocycles. The summed E-state index contributed by atoms with van der Waals surface area (Å²) < 4.78 is 56.9. The van der Waals surface area contributed by atoms with Gasteiger partial charge in [-0.1, -0.05) is 0 Å². The first kappa shape index (κ1) is 16.6. The van der Waals surface area contributed by atoms with E-state index in [1.54, 1.807) is 0 Å². The highest BCUT2D eigenvalue weighted by atomic mass is 32.2. The SMILES string of the molecule is COc1ccc(S(=O)(=O)NC[C@@H]2COC3(CCCC3)O2)cc1F. The van der Waals surface area contributed by atoms with E-state index in [-0.39, 0.29) is 23.3 Å². The highest BCUT2D eigenvalue weighted by Gasteiger charge is 2.43. The largest absolute Gasteiger partial charge is 0.494 e. The summed E-state index contributed by atoms with van der Waals surface area (Å²) >= 11 is 0. The van der Waals surface area contributed by atoms with Crippen molar-refractivity contribution < 1.29 is 27.0 Å². The van der Waals surface area contributed by atoms with Gasteiger partial charge in [0, 0.05) is 19.4 Å². The monoisotopic (exact) mass is 345 g/mol. The Kier molecular flexibility index (Phi) is 4.59. The van der Waals surface area contributed by atoms with Gasteiger partial charge in [0.25, 0.3) is 0 Å². The number of nitrogens with one attached hydrogen (secondary N) is 1. The Morgan fingerprint density at radius 2 is 2.13 bits per heavy atom. The fraction of sp³-hybridized carbons (Fsp3) is 0.600. The maximum atomic E-state index is 13.7. The second-order valence-corrected chi connectivity index (χ2v) is 7.58. The van der Waals surface area contributed by atoms with Crippen LogP contribution in [0, 0.1) is 5.82 Å². The molecule has 1 saturated carbocycles. The van der Waals surface area contributed by atoms with Gasteiger partial charge < -0.3 is 14.2 Å². The standard InChI is InChI=1S/C15H20FNO5S/c1-20-14-5-4-12(8-13(14)16)23(18,19)17-9-11-10-21-15(22-11)6-2-3-7-15/h4-5,8,11,17H,2-3,6-7,9-10H2,1H3/t11-/m1/s1. The maximum Gasteiger partial charge on any atom is 0.240 e. The van der Waals surface area contributed by atoms with Gasteiger partial charge in [-0.25, -0.2) is 17.5 Å². The lowest BCUT2D eigenvalue weighted by Crippen LogP contribution is -2.35. The number of ether oxygens (including phenoxy) is 3. The molecule has 23 heavy (non-hydrogen) atoms. The van der Waals surface area contributed by atoms with Gasteiger partial charge >= 0.3 is 0 Å². The van der Waals surface area contributed by atoms with Crippen molar-refractivity contribution in [1.82, 2.24) is 4.72 Å². The molecule has 0 unspecified atom stereocenters. The van der Waals surface area contributed by atoms with Crippen LogP contribution in [0.2, 0.25) is 0 Å². The zero-order chi connectivity index (χ0) is 16.5. The lowest BCUT2D eigenvalue weighted by atomic mass is 10.2. The minimum atomic E-state index is -3.81. The van der Waals surface area contributed by atoms with Crippen LogP contribution in [0.25, 0.3) is 0 Å². The molecule has 2 fully saturated rings. The van der Waals surface area contributed by atoms with Crippen LogP contribution >= 0.6 is 0 Å². The summed E-state index contributed by atoms with van der Waals surface area (Å²) in [4.78, 5) is -0.148. The van der Waals surface area contributed by atoms with E-state index >= 15 is 0 Å². The first-order chi connectivity index (χ1) is 10.9. The Bertz CT molecular complexity index is 672. The molecule has 1 spiro atoms. The first-order valence-corrected chi connectivity index (χ1v) is 9.07. The second kappa shape index (κ2) is 6.35. The van der Waals surface area contributed by atoms with Crippen LogP contribution in [0.15, 0.2) is 23.1 Å². The molecular weight excluding hydrogens is 325 g/mol. The van der Waals surface area contributed by atoms with E-state index in [0.717, 1.165) is 31.7 Å². The third kappa shape index (κ3) is 3.50. The number of rotatable bonds is 5. The van der Waals surface area contributed by atoms with Crippen molar-refractivity contribution in [2.45, 2.75) is 42.5 Å². The predicted octanol–water partition coefficient (Wildman–Crippen LogP) is 1.80. The molecule has 1 saturated heterocycles. The molecule has 1 aliphatic carbocycles. The van der Waals surface area contributed by atoms with Gasteiger partial charge in [0.1, 0.15) is 0 Å². The Labute approximate surface area is 135 Å². The molecule has 0 amide bonds. The molecule has 2 aliphatic rings. The van der Waals surface area contributed by atoms with Gasteiger partial charge in [-0.2, -0.15) is 0 Å². The molecule has 1 atom stereocenters. The zero-order valence-electron chi connectivity index (χ0n) is 12.9. The van der Waals surface area contributed by atoms with Gasteiger partial charge in [0.05, 0.1) is 24.7 Å². The van der Waals surface area contributed by atoms with Crippen molar-refractivity contribution >= 4 is 10.0 Å². The van der Waals surface area contributed by atoms with Crippen LogP contribution in [-0.2, 0) is 19.5 Å². The first-order valence-electron chi connectivity index (χ1n) is 7.59. The van der Waals surface area contributed by atoms with Crippen molar-refractivity contribution in [2.24, 2.45) is 0 Å². The summed E-state index contributed by atoms with van der Waals surface area (Å²) in [5, 5.41) is 0. The lowest BCUT2D eigenvalue weighted by molar-refractivity contribution is -0.160. The Balaban J connectivity index is 1.62. The van der Waals surface area contributed by atoms with Crippen LogP contribution in [-0.4, -0.2) is 40.6 Å². The summed E-state index contributed by atoms with van der Waals surface area (Å²) in [6.45, 7) is 0.456. The Morgan fingerprint density at radius 3 is 2.78 bits per heavy atom. The molecule has 3 rings (SSSR count). The summed E-state index contributed by atoms with van der Waals surface area (Å²) in [6, 6.07) is 3.52. The van der Waals surface area contributed by atoms with E-state index in [0.29, 0.717) is 6.61 Å². The maximum absolute atomic E-state index is 13.7. The number of sulfonamides is 1. The fourth-order valence-corrected chi connectivity index (χ4v) is 4.07. The molecule has 1 aromatic rings. The van der Waals surface area contributed by atoms with E-state index in [1.807, 2.05) is 0 Å². The zero-order valence-corrected chi connectivity index (χ0v) is 13.7. The summed E-state index contributed by atoms with van der Waals surface area (Å²) in [7, 11) is -2.49. The lowest BCUT2D eigenvalue weighted by Gasteiger charge is -2.21. The van der Waals surface area contributed by atoms with Gasteiger partial charge in [-0.3, -0.25) is 0 Å². The van der Waals surface area contributed by atoms with Crippen molar-refractivity contribution in [1.29, 1.82) is 0 Å². The minimum absolute atomic E-state index is 0.000323. The van der Waals surface area contributed by atoms with Gasteiger partial charge in [-0.05, 0) is 31.0 Å². The third-order valence-electron chi connectivity index (χ3n) is 4.21. The highest BCUT2D eigenvalue weighted by Crippen LogP contribution is 2.39. The van der Waals surface area contributed by atoms with E-state index in [2.05, 4.69) is 4.72 Å². The summed E-state index contributed by atoms with van der Waals surface area (Å²) in [5.74, 6) is -1.25. The smallest absolute Gasteiger partial charge is 0.240 e. The summed E-state index contributed by atoms with van der Waals surface area (Å²) in [5.41, 5.74) is 0. The van der Waals surface area contributed by atoms with Gasteiger partial charge in [0.15, 0.2) is 17.4 Å². The van der Waals surface area contributed by atoms with Crippen LogP contribution in [0.1, 0.15) is 25.7 Å². The topological polar surface area (TPSA) is 73.9 Å². The van der Waals surface area contributed by atoms with Crippen LogP contribution in [0.4, 0.5) is 4.39 Å². The highest BCUT2D eigenvalue weighted by molar-refractivity contribution is 7.89. The molecule has 8 heteroatoms. The fourth-order valence-electron chi connectivity index (χ4n) is 2.99. The Morgan fingerprint density at radius 1 is 1.39 bits per heavy atom. The van der Waals surface area contributed by atoms with E-state index in [9.17, 15) is 12.8 Å². The minimum Gasteiger partial charge on any atom is -0.494 e. The van der Waals surface area contributed by atoms with Crippen LogP contribution in [0.3, 0.4) is 0 Å². The average molecular weight is 345 g/mol. The van der Waals surface area contributed by atoms with E-state index in [1.165, 1.54) is 19.2 Å². The Hall–Kier alpha value is -1.22. The molecule has 1 N–H and O–H groups in total. The van der Waals surface area contributed by atoms with Gasteiger partial charge in [0.2, 0.25) is 10.0 Å². The van der Waals surface area contributed by atoms with Crippen LogP contribution in [0.5, 0.6) is 5.75 Å². The molecular formula is C15H20FNO5S. The van der Waals surface area contributed by atoms with Crippen LogP contribution < -0.4 is 9.46 Å². The van der Waals surface area contributed by atoms with Crippen molar-refractivity contribution in [3.63, 3.8) is 0 Å². The average Bonchev–Trinajstić information content (AvgIpc) is 3.15. The van der Waals surface area contributed by atoms with Crippen molar-refractivity contribution in [3.8, 4) is 5.75 Å². The molecule has 0 aromatic heterocycles.